The predicted molar refractivity (Wildman–Crippen MR) is 71.0 cm³/mol. The van der Waals surface area contributed by atoms with Crippen molar-refractivity contribution in [2.45, 2.75) is 6.92 Å². The van der Waals surface area contributed by atoms with Crippen molar-refractivity contribution in [2.75, 3.05) is 5.73 Å². The highest BCUT2D eigenvalue weighted by Gasteiger charge is 2.07. The Labute approximate surface area is 105 Å². The summed E-state index contributed by atoms with van der Waals surface area (Å²) in [6.45, 7) is 2.02. The van der Waals surface area contributed by atoms with Gasteiger partial charge < -0.3 is 5.73 Å². The van der Waals surface area contributed by atoms with Crippen molar-refractivity contribution in [3.8, 4) is 11.1 Å². The predicted octanol–water partition coefficient (Wildman–Crippen LogP) is 4.55. The third-order valence-corrected chi connectivity index (χ3v) is 3.04. The van der Waals surface area contributed by atoms with E-state index >= 15 is 0 Å². The number of anilines is 1. The molecule has 0 fully saturated rings. The van der Waals surface area contributed by atoms with Crippen LogP contribution in [0.15, 0.2) is 36.4 Å². The summed E-state index contributed by atoms with van der Waals surface area (Å²) in [7, 11) is 0. The SMILES string of the molecule is Cc1ccc(N)cc1-c1cc(Cl)ccc1Cl. The molecule has 0 aliphatic carbocycles. The Hall–Kier alpha value is -1.18. The first-order valence-electron chi connectivity index (χ1n) is 4.89. The first kappa shape index (κ1) is 11.3. The maximum atomic E-state index is 6.16. The molecule has 0 heterocycles. The number of rotatable bonds is 1. The first-order chi connectivity index (χ1) is 7.58. The number of nitrogen functional groups attached to an aromatic ring is 1. The minimum Gasteiger partial charge on any atom is -0.399 e. The van der Waals surface area contributed by atoms with E-state index in [0.717, 1.165) is 22.4 Å². The molecule has 0 aliphatic heterocycles. The van der Waals surface area contributed by atoms with E-state index in [-0.39, 0.29) is 0 Å². The van der Waals surface area contributed by atoms with Crippen LogP contribution in [0.1, 0.15) is 5.56 Å². The molecule has 0 amide bonds. The molecule has 1 nitrogen and oxygen atoms in total. The highest BCUT2D eigenvalue weighted by molar-refractivity contribution is 6.35. The van der Waals surface area contributed by atoms with Gasteiger partial charge in [-0.05, 0) is 48.4 Å². The van der Waals surface area contributed by atoms with Crippen LogP contribution >= 0.6 is 23.2 Å². The van der Waals surface area contributed by atoms with Gasteiger partial charge in [0.2, 0.25) is 0 Å². The molecule has 2 aromatic carbocycles. The summed E-state index contributed by atoms with van der Waals surface area (Å²) in [4.78, 5) is 0. The van der Waals surface area contributed by atoms with Crippen LogP contribution in [0.25, 0.3) is 11.1 Å². The number of halogens is 2. The van der Waals surface area contributed by atoms with E-state index in [4.69, 9.17) is 28.9 Å². The topological polar surface area (TPSA) is 26.0 Å². The molecule has 16 heavy (non-hydrogen) atoms. The molecule has 0 saturated heterocycles. The Kier molecular flexibility index (Phi) is 3.08. The third-order valence-electron chi connectivity index (χ3n) is 2.48. The van der Waals surface area contributed by atoms with Crippen molar-refractivity contribution >= 4 is 28.9 Å². The fourth-order valence-electron chi connectivity index (χ4n) is 1.63. The van der Waals surface area contributed by atoms with Crippen molar-refractivity contribution in [2.24, 2.45) is 0 Å². The summed E-state index contributed by atoms with van der Waals surface area (Å²) < 4.78 is 0. The summed E-state index contributed by atoms with van der Waals surface area (Å²) in [5.74, 6) is 0. The normalized spacial score (nSPS) is 10.4. The second kappa shape index (κ2) is 4.36. The Morgan fingerprint density at radius 2 is 1.69 bits per heavy atom. The van der Waals surface area contributed by atoms with Crippen molar-refractivity contribution in [1.29, 1.82) is 0 Å². The van der Waals surface area contributed by atoms with Gasteiger partial charge in [0.05, 0.1) is 0 Å². The van der Waals surface area contributed by atoms with E-state index in [1.807, 2.05) is 31.2 Å². The highest BCUT2D eigenvalue weighted by Crippen LogP contribution is 2.33. The molecular weight excluding hydrogens is 241 g/mol. The van der Waals surface area contributed by atoms with Crippen molar-refractivity contribution in [3.05, 3.63) is 52.0 Å². The Balaban J connectivity index is 2.66. The molecule has 2 aromatic rings. The van der Waals surface area contributed by atoms with Crippen LogP contribution in [-0.2, 0) is 0 Å². The molecule has 3 heteroatoms. The van der Waals surface area contributed by atoms with Crippen molar-refractivity contribution in [3.63, 3.8) is 0 Å². The fraction of sp³-hybridized carbons (Fsp3) is 0.0769. The molecule has 2 N–H and O–H groups in total. The number of hydrogen-bond acceptors (Lipinski definition) is 1. The minimum absolute atomic E-state index is 0.668. The largest absolute Gasteiger partial charge is 0.399 e. The molecule has 0 unspecified atom stereocenters. The maximum absolute atomic E-state index is 6.16. The lowest BCUT2D eigenvalue weighted by Crippen LogP contribution is -1.89. The lowest BCUT2D eigenvalue weighted by Gasteiger charge is -2.09. The molecule has 2 rings (SSSR count). The molecule has 0 atom stereocenters. The van der Waals surface area contributed by atoms with Gasteiger partial charge in [-0.25, -0.2) is 0 Å². The highest BCUT2D eigenvalue weighted by atomic mass is 35.5. The van der Waals surface area contributed by atoms with Crippen LogP contribution in [0, 0.1) is 6.92 Å². The van der Waals surface area contributed by atoms with Gasteiger partial charge >= 0.3 is 0 Å². The second-order valence-corrected chi connectivity index (χ2v) is 4.54. The van der Waals surface area contributed by atoms with Gasteiger partial charge in [0.1, 0.15) is 0 Å². The van der Waals surface area contributed by atoms with Gasteiger partial charge in [-0.15, -0.1) is 0 Å². The van der Waals surface area contributed by atoms with E-state index in [0.29, 0.717) is 10.0 Å². The van der Waals surface area contributed by atoms with Gasteiger partial charge in [-0.1, -0.05) is 29.3 Å². The molecule has 0 aromatic heterocycles. The van der Waals surface area contributed by atoms with E-state index in [1.54, 1.807) is 12.1 Å². The van der Waals surface area contributed by atoms with Crippen molar-refractivity contribution < 1.29 is 0 Å². The zero-order valence-corrected chi connectivity index (χ0v) is 10.3. The zero-order chi connectivity index (χ0) is 11.7. The average molecular weight is 252 g/mol. The maximum Gasteiger partial charge on any atom is 0.0485 e. The Morgan fingerprint density at radius 3 is 2.44 bits per heavy atom. The molecular formula is C13H11Cl2N. The van der Waals surface area contributed by atoms with Gasteiger partial charge in [0, 0.05) is 21.3 Å². The zero-order valence-electron chi connectivity index (χ0n) is 8.80. The first-order valence-corrected chi connectivity index (χ1v) is 5.65. The van der Waals surface area contributed by atoms with Crippen LogP contribution in [0.5, 0.6) is 0 Å². The lowest BCUT2D eigenvalue weighted by molar-refractivity contribution is 1.46. The van der Waals surface area contributed by atoms with Gasteiger partial charge in [-0.2, -0.15) is 0 Å². The summed E-state index contributed by atoms with van der Waals surface area (Å²) in [5.41, 5.74) is 9.56. The molecule has 0 aliphatic rings. The van der Waals surface area contributed by atoms with Gasteiger partial charge in [0.15, 0.2) is 0 Å². The van der Waals surface area contributed by atoms with Gasteiger partial charge in [-0.3, -0.25) is 0 Å². The quantitative estimate of drug-likeness (QED) is 0.740. The van der Waals surface area contributed by atoms with Gasteiger partial charge in [0.25, 0.3) is 0 Å². The van der Waals surface area contributed by atoms with Crippen molar-refractivity contribution in [1.82, 2.24) is 0 Å². The molecule has 0 saturated carbocycles. The number of benzene rings is 2. The van der Waals surface area contributed by atoms with Crippen LogP contribution < -0.4 is 5.73 Å². The molecule has 0 radical (unpaired) electrons. The van der Waals surface area contributed by atoms with Crippen LogP contribution in [0.4, 0.5) is 5.69 Å². The summed E-state index contributed by atoms with van der Waals surface area (Å²) >= 11 is 12.1. The lowest BCUT2D eigenvalue weighted by atomic mass is 10.00. The second-order valence-electron chi connectivity index (χ2n) is 3.70. The number of nitrogens with two attached hydrogens (primary N) is 1. The van der Waals surface area contributed by atoms with Crippen LogP contribution in [-0.4, -0.2) is 0 Å². The summed E-state index contributed by atoms with van der Waals surface area (Å²) in [6.07, 6.45) is 0. The van der Waals surface area contributed by atoms with E-state index in [9.17, 15) is 0 Å². The average Bonchev–Trinajstić information content (AvgIpc) is 2.25. The smallest absolute Gasteiger partial charge is 0.0485 e. The summed E-state index contributed by atoms with van der Waals surface area (Å²) in [5, 5.41) is 1.35. The van der Waals surface area contributed by atoms with E-state index < -0.39 is 0 Å². The molecule has 0 bridgehead atoms. The fourth-order valence-corrected chi connectivity index (χ4v) is 2.03. The Morgan fingerprint density at radius 1 is 0.938 bits per heavy atom. The molecule has 82 valence electrons. The summed E-state index contributed by atoms with van der Waals surface area (Å²) in [6, 6.07) is 11.2. The van der Waals surface area contributed by atoms with Crippen LogP contribution in [0.3, 0.4) is 0 Å². The van der Waals surface area contributed by atoms with Crippen LogP contribution in [0.2, 0.25) is 10.0 Å². The monoisotopic (exact) mass is 251 g/mol. The standard InChI is InChI=1S/C13H11Cl2N/c1-8-2-4-10(16)7-11(8)12-6-9(14)3-5-13(12)15/h2-7H,16H2,1H3. The van der Waals surface area contributed by atoms with E-state index in [1.165, 1.54) is 0 Å². The minimum atomic E-state index is 0.668. The Bertz CT molecular complexity index is 486. The number of aryl methyl sites for hydroxylation is 1. The van der Waals surface area contributed by atoms with E-state index in [2.05, 4.69) is 0 Å². The molecule has 0 spiro atoms. The third kappa shape index (κ3) is 2.16. The number of hydrogen-bond donors (Lipinski definition) is 1.